The van der Waals surface area contributed by atoms with Crippen molar-refractivity contribution in [2.24, 2.45) is 0 Å². The molecule has 7 heteroatoms. The number of hydrogen-bond donors (Lipinski definition) is 2. The molecule has 0 radical (unpaired) electrons. The summed E-state index contributed by atoms with van der Waals surface area (Å²) >= 11 is 1.01. The molecule has 2 rings (SSSR count). The molecular weight excluding hydrogens is 338 g/mol. The van der Waals surface area contributed by atoms with Gasteiger partial charge in [-0.25, -0.2) is 0 Å². The monoisotopic (exact) mass is 355 g/mol. The molecule has 0 bridgehead atoms. The highest BCUT2D eigenvalue weighted by atomic mass is 32.2. The Kier molecular flexibility index (Phi) is 7.01. The molecule has 2 N–H and O–H groups in total. The van der Waals surface area contributed by atoms with Crippen LogP contribution in [0.5, 0.6) is 0 Å². The van der Waals surface area contributed by atoms with E-state index in [-0.39, 0.29) is 19.7 Å². The number of aliphatic hydroxyl groups is 1. The lowest BCUT2D eigenvalue weighted by Gasteiger charge is -2.21. The van der Waals surface area contributed by atoms with Crippen molar-refractivity contribution in [2.45, 2.75) is 11.4 Å². The summed E-state index contributed by atoms with van der Waals surface area (Å²) in [6, 6.07) is 15.9. The second-order valence-corrected chi connectivity index (χ2v) is 5.97. The Morgan fingerprint density at radius 1 is 1.12 bits per heavy atom. The normalized spacial score (nSPS) is 9.92. The van der Waals surface area contributed by atoms with Crippen LogP contribution in [0.15, 0.2) is 59.5 Å². The van der Waals surface area contributed by atoms with Gasteiger partial charge in [-0.05, 0) is 41.6 Å². The molecule has 2 aromatic carbocycles. The number of thioether (sulfide) groups is 1. The number of nitrogens with zero attached hydrogens (tertiary/aromatic N) is 2. The van der Waals surface area contributed by atoms with Crippen LogP contribution in [0.3, 0.4) is 0 Å². The highest BCUT2D eigenvalue weighted by Gasteiger charge is 2.21. The average Bonchev–Trinajstić information content (AvgIpc) is 2.63. The SMILES string of the molecule is N#CSc1ccc(NC(=O)C(=O)N(CCO)Cc2ccccc2)cc1. The number of carbonyl (C=O) groups excluding carboxylic acids is 2. The van der Waals surface area contributed by atoms with Crippen molar-refractivity contribution in [3.63, 3.8) is 0 Å². The van der Waals surface area contributed by atoms with Crippen molar-refractivity contribution in [1.82, 2.24) is 4.90 Å². The van der Waals surface area contributed by atoms with E-state index in [1.54, 1.807) is 24.3 Å². The number of aliphatic hydroxyl groups excluding tert-OH is 1. The van der Waals surface area contributed by atoms with Crippen LogP contribution in [0, 0.1) is 10.7 Å². The Morgan fingerprint density at radius 2 is 1.80 bits per heavy atom. The van der Waals surface area contributed by atoms with E-state index in [0.29, 0.717) is 5.69 Å². The smallest absolute Gasteiger partial charge is 0.313 e. The minimum Gasteiger partial charge on any atom is -0.395 e. The maximum absolute atomic E-state index is 12.4. The number of amides is 2. The second-order valence-electron chi connectivity index (χ2n) is 5.11. The second kappa shape index (κ2) is 9.47. The van der Waals surface area contributed by atoms with E-state index in [1.165, 1.54) is 4.90 Å². The zero-order chi connectivity index (χ0) is 18.1. The summed E-state index contributed by atoms with van der Waals surface area (Å²) in [5.41, 5.74) is 1.33. The predicted molar refractivity (Wildman–Crippen MR) is 95.5 cm³/mol. The van der Waals surface area contributed by atoms with E-state index in [9.17, 15) is 9.59 Å². The molecule has 0 aliphatic rings. The number of rotatable bonds is 6. The van der Waals surface area contributed by atoms with Crippen molar-refractivity contribution >= 4 is 29.3 Å². The van der Waals surface area contributed by atoms with Gasteiger partial charge in [0, 0.05) is 23.7 Å². The van der Waals surface area contributed by atoms with Gasteiger partial charge in [0.1, 0.15) is 5.40 Å². The summed E-state index contributed by atoms with van der Waals surface area (Å²) < 4.78 is 0. The number of nitriles is 1. The van der Waals surface area contributed by atoms with Crippen molar-refractivity contribution in [3.05, 3.63) is 60.2 Å². The van der Waals surface area contributed by atoms with Crippen molar-refractivity contribution in [3.8, 4) is 5.40 Å². The molecule has 128 valence electrons. The largest absolute Gasteiger partial charge is 0.395 e. The van der Waals surface area contributed by atoms with Crippen LogP contribution in [0.2, 0.25) is 0 Å². The molecule has 6 nitrogen and oxygen atoms in total. The van der Waals surface area contributed by atoms with E-state index in [0.717, 1.165) is 22.2 Å². The lowest BCUT2D eigenvalue weighted by Crippen LogP contribution is -2.40. The van der Waals surface area contributed by atoms with Gasteiger partial charge in [-0.2, -0.15) is 5.26 Å². The third kappa shape index (κ3) is 5.64. The van der Waals surface area contributed by atoms with E-state index in [4.69, 9.17) is 10.4 Å². The van der Waals surface area contributed by atoms with Gasteiger partial charge in [0.05, 0.1) is 6.61 Å². The summed E-state index contributed by atoms with van der Waals surface area (Å²) in [5.74, 6) is -1.49. The fraction of sp³-hybridized carbons (Fsp3) is 0.167. The highest BCUT2D eigenvalue weighted by Crippen LogP contribution is 2.19. The topological polar surface area (TPSA) is 93.4 Å². The summed E-state index contributed by atoms with van der Waals surface area (Å²) in [4.78, 5) is 26.6. The summed E-state index contributed by atoms with van der Waals surface area (Å²) in [7, 11) is 0. The first-order valence-corrected chi connectivity index (χ1v) is 8.36. The van der Waals surface area contributed by atoms with E-state index in [2.05, 4.69) is 5.32 Å². The molecule has 0 atom stereocenters. The molecule has 0 fully saturated rings. The lowest BCUT2D eigenvalue weighted by molar-refractivity contribution is -0.143. The number of hydrogen-bond acceptors (Lipinski definition) is 5. The first-order chi connectivity index (χ1) is 12.1. The summed E-state index contributed by atoms with van der Waals surface area (Å²) in [5, 5.41) is 22.3. The van der Waals surface area contributed by atoms with Crippen LogP contribution in [0.4, 0.5) is 5.69 Å². The molecule has 0 aliphatic heterocycles. The van der Waals surface area contributed by atoms with E-state index >= 15 is 0 Å². The Balaban J connectivity index is 2.02. The van der Waals surface area contributed by atoms with Gasteiger partial charge in [0.25, 0.3) is 0 Å². The maximum atomic E-state index is 12.4. The molecule has 0 aromatic heterocycles. The fourth-order valence-electron chi connectivity index (χ4n) is 2.16. The quantitative estimate of drug-likeness (QED) is 0.471. The van der Waals surface area contributed by atoms with Gasteiger partial charge in [-0.3, -0.25) is 9.59 Å². The molecule has 0 aliphatic carbocycles. The van der Waals surface area contributed by atoms with E-state index < -0.39 is 11.8 Å². The molecule has 0 spiro atoms. The average molecular weight is 355 g/mol. The van der Waals surface area contributed by atoms with Crippen LogP contribution >= 0.6 is 11.8 Å². The Labute approximate surface area is 150 Å². The Bertz CT molecular complexity index is 757. The van der Waals surface area contributed by atoms with Crippen molar-refractivity contribution < 1.29 is 14.7 Å². The molecule has 2 aromatic rings. The number of nitrogens with one attached hydrogen (secondary N) is 1. The van der Waals surface area contributed by atoms with Crippen LogP contribution < -0.4 is 5.32 Å². The van der Waals surface area contributed by atoms with Gasteiger partial charge in [-0.1, -0.05) is 30.3 Å². The van der Waals surface area contributed by atoms with Gasteiger partial charge >= 0.3 is 11.8 Å². The first kappa shape index (κ1) is 18.5. The number of anilines is 1. The van der Waals surface area contributed by atoms with E-state index in [1.807, 2.05) is 35.7 Å². The zero-order valence-electron chi connectivity index (χ0n) is 13.4. The molecule has 0 saturated carbocycles. The van der Waals surface area contributed by atoms with Crippen LogP contribution in [0.25, 0.3) is 0 Å². The highest BCUT2D eigenvalue weighted by molar-refractivity contribution is 8.03. The van der Waals surface area contributed by atoms with Crippen molar-refractivity contribution in [2.75, 3.05) is 18.5 Å². The molecule has 0 unspecified atom stereocenters. The van der Waals surface area contributed by atoms with Gasteiger partial charge in [0.2, 0.25) is 0 Å². The standard InChI is InChI=1S/C18H17N3O3S/c19-13-25-16-8-6-15(7-9-16)20-17(23)18(24)21(10-11-22)12-14-4-2-1-3-5-14/h1-9,22H,10-12H2,(H,20,23). The zero-order valence-corrected chi connectivity index (χ0v) is 14.2. The maximum Gasteiger partial charge on any atom is 0.313 e. The van der Waals surface area contributed by atoms with Crippen LogP contribution in [-0.4, -0.2) is 35.0 Å². The Hall–Kier alpha value is -2.82. The minimum absolute atomic E-state index is 0.0683. The Morgan fingerprint density at radius 3 is 2.40 bits per heavy atom. The predicted octanol–water partition coefficient (Wildman–Crippen LogP) is 2.22. The number of benzene rings is 2. The fourth-order valence-corrected chi connectivity index (χ4v) is 2.54. The summed E-state index contributed by atoms with van der Waals surface area (Å²) in [6.07, 6.45) is 0. The van der Waals surface area contributed by atoms with Crippen LogP contribution in [-0.2, 0) is 16.1 Å². The number of carbonyl (C=O) groups is 2. The first-order valence-electron chi connectivity index (χ1n) is 7.55. The molecule has 25 heavy (non-hydrogen) atoms. The summed E-state index contributed by atoms with van der Waals surface area (Å²) in [6.45, 7) is 0.0796. The number of thiocyanates is 1. The van der Waals surface area contributed by atoms with Gasteiger partial charge < -0.3 is 15.3 Å². The minimum atomic E-state index is -0.773. The van der Waals surface area contributed by atoms with Crippen LogP contribution in [0.1, 0.15) is 5.56 Å². The molecular formula is C18H17N3O3S. The van der Waals surface area contributed by atoms with Gasteiger partial charge in [-0.15, -0.1) is 0 Å². The van der Waals surface area contributed by atoms with Crippen molar-refractivity contribution in [1.29, 1.82) is 5.26 Å². The van der Waals surface area contributed by atoms with Gasteiger partial charge in [0.15, 0.2) is 0 Å². The molecule has 2 amide bonds. The molecule has 0 heterocycles. The molecule has 0 saturated heterocycles. The third-order valence-electron chi connectivity index (χ3n) is 3.34. The third-order valence-corrected chi connectivity index (χ3v) is 3.94. The lowest BCUT2D eigenvalue weighted by atomic mass is 10.2.